The molecule has 1 saturated carbocycles. The second-order valence-electron chi connectivity index (χ2n) is 5.78. The van der Waals surface area contributed by atoms with Crippen LogP contribution in [0.25, 0.3) is 0 Å². The van der Waals surface area contributed by atoms with Gasteiger partial charge in [-0.15, -0.1) is 0 Å². The van der Waals surface area contributed by atoms with Gasteiger partial charge in [-0.25, -0.2) is 0 Å². The zero-order chi connectivity index (χ0) is 14.2. The molecular formula is C17H28N2O. The standard InChI is InChI=1S/C17H28N2O/c1-2-11-19(14-16-3-4-16)12-13-20-17-7-5-15(6-8-17)9-10-18/h5-8,16H,2-4,9-14,18H2,1H3. The molecule has 2 rings (SSSR count). The van der Waals surface area contributed by atoms with E-state index in [0.717, 1.165) is 31.2 Å². The maximum absolute atomic E-state index is 5.85. The average Bonchev–Trinajstić information content (AvgIpc) is 3.25. The van der Waals surface area contributed by atoms with E-state index in [1.807, 2.05) is 0 Å². The van der Waals surface area contributed by atoms with Crippen LogP contribution in [0.2, 0.25) is 0 Å². The molecule has 0 saturated heterocycles. The lowest BCUT2D eigenvalue weighted by molar-refractivity contribution is 0.203. The summed E-state index contributed by atoms with van der Waals surface area (Å²) in [4.78, 5) is 2.54. The summed E-state index contributed by atoms with van der Waals surface area (Å²) >= 11 is 0. The van der Waals surface area contributed by atoms with Crippen LogP contribution in [0.1, 0.15) is 31.7 Å². The molecule has 0 spiro atoms. The van der Waals surface area contributed by atoms with Crippen LogP contribution in [0.15, 0.2) is 24.3 Å². The second-order valence-corrected chi connectivity index (χ2v) is 5.78. The first-order valence-electron chi connectivity index (χ1n) is 7.96. The second kappa shape index (κ2) is 8.28. The first kappa shape index (κ1) is 15.3. The van der Waals surface area contributed by atoms with Crippen molar-refractivity contribution in [3.63, 3.8) is 0 Å². The molecular weight excluding hydrogens is 248 g/mol. The van der Waals surface area contributed by atoms with Crippen LogP contribution in [0, 0.1) is 5.92 Å². The normalized spacial score (nSPS) is 14.8. The minimum absolute atomic E-state index is 0.702. The predicted octanol–water partition coefficient (Wildman–Crippen LogP) is 2.69. The van der Waals surface area contributed by atoms with Crippen LogP contribution in [-0.4, -0.2) is 37.7 Å². The van der Waals surface area contributed by atoms with Crippen molar-refractivity contribution in [1.29, 1.82) is 0 Å². The van der Waals surface area contributed by atoms with Crippen LogP contribution in [-0.2, 0) is 6.42 Å². The van der Waals surface area contributed by atoms with E-state index >= 15 is 0 Å². The van der Waals surface area contributed by atoms with Gasteiger partial charge >= 0.3 is 0 Å². The molecule has 3 nitrogen and oxygen atoms in total. The monoisotopic (exact) mass is 276 g/mol. The molecule has 0 unspecified atom stereocenters. The van der Waals surface area contributed by atoms with Gasteiger partial charge in [0.25, 0.3) is 0 Å². The lowest BCUT2D eigenvalue weighted by Gasteiger charge is -2.21. The maximum Gasteiger partial charge on any atom is 0.119 e. The number of benzene rings is 1. The zero-order valence-electron chi connectivity index (χ0n) is 12.7. The van der Waals surface area contributed by atoms with Crippen LogP contribution < -0.4 is 10.5 Å². The molecule has 1 aliphatic rings. The van der Waals surface area contributed by atoms with Gasteiger partial charge < -0.3 is 10.5 Å². The Labute approximate surface area is 123 Å². The number of rotatable bonds is 10. The molecule has 0 aliphatic heterocycles. The van der Waals surface area contributed by atoms with E-state index in [1.54, 1.807) is 0 Å². The Morgan fingerprint density at radius 1 is 1.20 bits per heavy atom. The van der Waals surface area contributed by atoms with Crippen molar-refractivity contribution >= 4 is 0 Å². The molecule has 0 radical (unpaired) electrons. The van der Waals surface area contributed by atoms with Gasteiger partial charge in [-0.05, 0) is 62.4 Å². The van der Waals surface area contributed by atoms with Crippen LogP contribution in [0.3, 0.4) is 0 Å². The first-order chi connectivity index (χ1) is 9.81. The van der Waals surface area contributed by atoms with E-state index in [-0.39, 0.29) is 0 Å². The Morgan fingerprint density at radius 3 is 2.55 bits per heavy atom. The minimum Gasteiger partial charge on any atom is -0.492 e. The lowest BCUT2D eigenvalue weighted by Crippen LogP contribution is -2.31. The predicted molar refractivity (Wildman–Crippen MR) is 84.2 cm³/mol. The van der Waals surface area contributed by atoms with Crippen molar-refractivity contribution < 1.29 is 4.74 Å². The summed E-state index contributed by atoms with van der Waals surface area (Å²) in [5.74, 6) is 1.92. The molecule has 0 atom stereocenters. The number of hydrogen-bond acceptors (Lipinski definition) is 3. The summed E-state index contributed by atoms with van der Waals surface area (Å²) in [6.07, 6.45) is 5.00. The highest BCUT2D eigenvalue weighted by molar-refractivity contribution is 5.27. The Morgan fingerprint density at radius 2 is 1.95 bits per heavy atom. The SMILES string of the molecule is CCCN(CCOc1ccc(CCN)cc1)CC1CC1. The fourth-order valence-corrected chi connectivity index (χ4v) is 2.49. The smallest absolute Gasteiger partial charge is 0.119 e. The van der Waals surface area contributed by atoms with Gasteiger partial charge in [0.1, 0.15) is 12.4 Å². The number of ether oxygens (including phenoxy) is 1. The van der Waals surface area contributed by atoms with E-state index < -0.39 is 0 Å². The van der Waals surface area contributed by atoms with Gasteiger partial charge in [-0.2, -0.15) is 0 Å². The van der Waals surface area contributed by atoms with E-state index in [1.165, 1.54) is 37.9 Å². The number of hydrogen-bond donors (Lipinski definition) is 1. The summed E-state index contributed by atoms with van der Waals surface area (Å²) in [6, 6.07) is 8.32. The Hall–Kier alpha value is -1.06. The van der Waals surface area contributed by atoms with Gasteiger partial charge in [0.15, 0.2) is 0 Å². The first-order valence-corrected chi connectivity index (χ1v) is 7.96. The minimum atomic E-state index is 0.702. The molecule has 2 N–H and O–H groups in total. The van der Waals surface area contributed by atoms with E-state index in [2.05, 4.69) is 36.1 Å². The number of nitrogens with zero attached hydrogens (tertiary/aromatic N) is 1. The highest BCUT2D eigenvalue weighted by Gasteiger charge is 2.23. The average molecular weight is 276 g/mol. The fraction of sp³-hybridized carbons (Fsp3) is 0.647. The Bertz CT molecular complexity index is 373. The largest absolute Gasteiger partial charge is 0.492 e. The summed E-state index contributed by atoms with van der Waals surface area (Å²) in [5, 5.41) is 0. The molecule has 20 heavy (non-hydrogen) atoms. The van der Waals surface area contributed by atoms with Gasteiger partial charge in [0.05, 0.1) is 0 Å². The van der Waals surface area contributed by atoms with Gasteiger partial charge in [0.2, 0.25) is 0 Å². The molecule has 0 bridgehead atoms. The van der Waals surface area contributed by atoms with Crippen LogP contribution in [0.4, 0.5) is 0 Å². The molecule has 0 aromatic heterocycles. The van der Waals surface area contributed by atoms with Crippen LogP contribution in [0.5, 0.6) is 5.75 Å². The van der Waals surface area contributed by atoms with E-state index in [0.29, 0.717) is 6.54 Å². The summed E-state index contributed by atoms with van der Waals surface area (Å²) in [7, 11) is 0. The summed E-state index contributed by atoms with van der Waals surface area (Å²) in [5.41, 5.74) is 6.83. The molecule has 112 valence electrons. The third-order valence-corrected chi connectivity index (χ3v) is 3.79. The van der Waals surface area contributed by atoms with Crippen molar-refractivity contribution in [3.8, 4) is 5.75 Å². The molecule has 0 heterocycles. The highest BCUT2D eigenvalue weighted by atomic mass is 16.5. The molecule has 1 aromatic carbocycles. The summed E-state index contributed by atoms with van der Waals surface area (Å²) in [6.45, 7) is 7.21. The zero-order valence-corrected chi connectivity index (χ0v) is 12.7. The molecule has 3 heteroatoms. The fourth-order valence-electron chi connectivity index (χ4n) is 2.49. The lowest BCUT2D eigenvalue weighted by atomic mass is 10.1. The highest BCUT2D eigenvalue weighted by Crippen LogP contribution is 2.29. The van der Waals surface area contributed by atoms with Gasteiger partial charge in [-0.3, -0.25) is 4.90 Å². The van der Waals surface area contributed by atoms with Crippen molar-refractivity contribution in [2.24, 2.45) is 11.7 Å². The number of nitrogens with two attached hydrogens (primary N) is 1. The Kier molecular flexibility index (Phi) is 6.34. The third-order valence-electron chi connectivity index (χ3n) is 3.79. The van der Waals surface area contributed by atoms with Crippen molar-refractivity contribution in [2.45, 2.75) is 32.6 Å². The van der Waals surface area contributed by atoms with Gasteiger partial charge in [-0.1, -0.05) is 19.1 Å². The topological polar surface area (TPSA) is 38.5 Å². The molecule has 1 aromatic rings. The van der Waals surface area contributed by atoms with E-state index in [4.69, 9.17) is 10.5 Å². The third kappa shape index (κ3) is 5.51. The quantitative estimate of drug-likeness (QED) is 0.714. The van der Waals surface area contributed by atoms with E-state index in [9.17, 15) is 0 Å². The molecule has 1 aliphatic carbocycles. The molecule has 1 fully saturated rings. The van der Waals surface area contributed by atoms with Crippen molar-refractivity contribution in [3.05, 3.63) is 29.8 Å². The van der Waals surface area contributed by atoms with Gasteiger partial charge in [0, 0.05) is 13.1 Å². The van der Waals surface area contributed by atoms with Crippen LogP contribution >= 0.6 is 0 Å². The molecule has 0 amide bonds. The maximum atomic E-state index is 5.85. The summed E-state index contributed by atoms with van der Waals surface area (Å²) < 4.78 is 5.85. The van der Waals surface area contributed by atoms with Crippen molar-refractivity contribution in [1.82, 2.24) is 4.90 Å². The van der Waals surface area contributed by atoms with Crippen molar-refractivity contribution in [2.75, 3.05) is 32.8 Å². The Balaban J connectivity index is 1.69.